The van der Waals surface area contributed by atoms with E-state index in [1.54, 1.807) is 0 Å². The number of para-hydroxylation sites is 1. The molecule has 0 N–H and O–H groups in total. The van der Waals surface area contributed by atoms with E-state index in [0.717, 1.165) is 6.04 Å². The van der Waals surface area contributed by atoms with Crippen molar-refractivity contribution in [1.29, 1.82) is 0 Å². The fourth-order valence-electron chi connectivity index (χ4n) is 3.86. The van der Waals surface area contributed by atoms with Crippen molar-refractivity contribution in [1.82, 2.24) is 9.47 Å². The number of nitrogens with zero attached hydrogens (tertiary/aromatic N) is 2. The van der Waals surface area contributed by atoms with Crippen molar-refractivity contribution in [2.24, 2.45) is 0 Å². The van der Waals surface area contributed by atoms with Crippen LogP contribution in [0.2, 0.25) is 0 Å². The summed E-state index contributed by atoms with van der Waals surface area (Å²) in [5, 5.41) is 1.38. The number of aromatic nitrogens is 1. The molecule has 2 aromatic rings. The standard InChI is InChI=1S/C16H20N2/c1-2-6-16-13(4-1)9-11-18(16)15-8-7-14-5-3-10-17(14)12-15/h1-2,4,6,9,11,14-15H,3,5,7-8,10,12H2. The maximum Gasteiger partial charge on any atom is 0.0483 e. The van der Waals surface area contributed by atoms with Crippen LogP contribution in [0.25, 0.3) is 10.9 Å². The first-order valence-electron chi connectivity index (χ1n) is 7.21. The summed E-state index contributed by atoms with van der Waals surface area (Å²) in [7, 11) is 0. The van der Waals surface area contributed by atoms with Crippen LogP contribution in [0.15, 0.2) is 36.5 Å². The van der Waals surface area contributed by atoms with E-state index in [9.17, 15) is 0 Å². The number of rotatable bonds is 1. The second-order valence-corrected chi connectivity index (χ2v) is 5.80. The maximum absolute atomic E-state index is 2.71. The quantitative estimate of drug-likeness (QED) is 0.741. The topological polar surface area (TPSA) is 8.17 Å². The Hall–Kier alpha value is -1.28. The highest BCUT2D eigenvalue weighted by molar-refractivity contribution is 5.80. The molecule has 2 fully saturated rings. The highest BCUT2D eigenvalue weighted by Crippen LogP contribution is 2.33. The first kappa shape index (κ1) is 10.6. The smallest absolute Gasteiger partial charge is 0.0483 e. The van der Waals surface area contributed by atoms with Gasteiger partial charge in [-0.1, -0.05) is 18.2 Å². The van der Waals surface area contributed by atoms with Gasteiger partial charge in [0.2, 0.25) is 0 Å². The van der Waals surface area contributed by atoms with Crippen LogP contribution in [0.5, 0.6) is 0 Å². The van der Waals surface area contributed by atoms with Crippen molar-refractivity contribution in [3.05, 3.63) is 36.5 Å². The van der Waals surface area contributed by atoms with E-state index in [0.29, 0.717) is 6.04 Å². The monoisotopic (exact) mass is 240 g/mol. The zero-order valence-corrected chi connectivity index (χ0v) is 10.8. The van der Waals surface area contributed by atoms with Gasteiger partial charge >= 0.3 is 0 Å². The van der Waals surface area contributed by atoms with Crippen molar-refractivity contribution in [2.45, 2.75) is 37.8 Å². The van der Waals surface area contributed by atoms with Crippen LogP contribution < -0.4 is 0 Å². The molecule has 2 heteroatoms. The summed E-state index contributed by atoms with van der Waals surface area (Å²) in [5.74, 6) is 0. The molecule has 0 spiro atoms. The summed E-state index contributed by atoms with van der Waals surface area (Å²) < 4.78 is 2.50. The molecule has 3 heterocycles. The van der Waals surface area contributed by atoms with Crippen LogP contribution in [-0.2, 0) is 0 Å². The molecular formula is C16H20N2. The van der Waals surface area contributed by atoms with Crippen LogP contribution in [0.1, 0.15) is 31.7 Å². The van der Waals surface area contributed by atoms with Crippen molar-refractivity contribution in [2.75, 3.05) is 13.1 Å². The average Bonchev–Trinajstić information content (AvgIpc) is 3.04. The predicted molar refractivity (Wildman–Crippen MR) is 74.8 cm³/mol. The number of benzene rings is 1. The van der Waals surface area contributed by atoms with Gasteiger partial charge in [0.15, 0.2) is 0 Å². The molecule has 4 rings (SSSR count). The van der Waals surface area contributed by atoms with Crippen LogP contribution in [-0.4, -0.2) is 28.6 Å². The zero-order valence-electron chi connectivity index (χ0n) is 10.8. The summed E-state index contributed by atoms with van der Waals surface area (Å²) in [6, 6.07) is 12.6. The van der Waals surface area contributed by atoms with Crippen LogP contribution in [0.4, 0.5) is 0 Å². The van der Waals surface area contributed by atoms with Gasteiger partial charge in [0, 0.05) is 30.3 Å². The summed E-state index contributed by atoms with van der Waals surface area (Å²) in [5.41, 5.74) is 1.40. The van der Waals surface area contributed by atoms with Gasteiger partial charge in [0.05, 0.1) is 0 Å². The Bertz CT molecular complexity index is 557. The average molecular weight is 240 g/mol. The maximum atomic E-state index is 2.71. The molecule has 0 amide bonds. The Morgan fingerprint density at radius 2 is 1.83 bits per heavy atom. The predicted octanol–water partition coefficient (Wildman–Crippen LogP) is 3.44. The number of piperidine rings is 1. The van der Waals surface area contributed by atoms with E-state index in [1.807, 2.05) is 0 Å². The van der Waals surface area contributed by atoms with Gasteiger partial charge in [-0.15, -0.1) is 0 Å². The fourth-order valence-corrected chi connectivity index (χ4v) is 3.86. The van der Waals surface area contributed by atoms with Crippen LogP contribution >= 0.6 is 0 Å². The van der Waals surface area contributed by atoms with Gasteiger partial charge in [-0.05, 0) is 49.7 Å². The normalized spacial score (nSPS) is 28.7. The third kappa shape index (κ3) is 1.59. The first-order chi connectivity index (χ1) is 8.92. The number of fused-ring (bicyclic) bond motifs is 2. The van der Waals surface area contributed by atoms with Gasteiger partial charge < -0.3 is 4.57 Å². The third-order valence-electron chi connectivity index (χ3n) is 4.80. The minimum atomic E-state index is 0.680. The van der Waals surface area contributed by atoms with E-state index in [2.05, 4.69) is 46.0 Å². The highest BCUT2D eigenvalue weighted by atomic mass is 15.2. The molecule has 2 unspecified atom stereocenters. The van der Waals surface area contributed by atoms with Crippen molar-refractivity contribution < 1.29 is 0 Å². The summed E-state index contributed by atoms with van der Waals surface area (Å²) >= 11 is 0. The Kier molecular flexibility index (Phi) is 2.44. The lowest BCUT2D eigenvalue weighted by atomic mass is 9.98. The third-order valence-corrected chi connectivity index (χ3v) is 4.80. The second-order valence-electron chi connectivity index (χ2n) is 5.80. The van der Waals surface area contributed by atoms with E-state index >= 15 is 0 Å². The van der Waals surface area contributed by atoms with E-state index in [-0.39, 0.29) is 0 Å². The lowest BCUT2D eigenvalue weighted by molar-refractivity contribution is 0.152. The van der Waals surface area contributed by atoms with E-state index < -0.39 is 0 Å². The van der Waals surface area contributed by atoms with Gasteiger partial charge in [-0.2, -0.15) is 0 Å². The molecule has 2 saturated heterocycles. The van der Waals surface area contributed by atoms with Crippen molar-refractivity contribution in [3.8, 4) is 0 Å². The molecule has 0 radical (unpaired) electrons. The fraction of sp³-hybridized carbons (Fsp3) is 0.500. The van der Waals surface area contributed by atoms with Gasteiger partial charge in [0.1, 0.15) is 0 Å². The van der Waals surface area contributed by atoms with Crippen molar-refractivity contribution in [3.63, 3.8) is 0 Å². The van der Waals surface area contributed by atoms with Gasteiger partial charge in [-0.3, -0.25) is 4.90 Å². The minimum absolute atomic E-state index is 0.680. The molecule has 0 saturated carbocycles. The molecule has 0 aliphatic carbocycles. The molecule has 2 aliphatic rings. The molecular weight excluding hydrogens is 220 g/mol. The Labute approximate surface area is 108 Å². The SMILES string of the molecule is c1ccc2c(c1)ccn2C1CCC2CCCN2C1. The Morgan fingerprint density at radius 3 is 2.83 bits per heavy atom. The molecule has 2 aliphatic heterocycles. The molecule has 1 aromatic heterocycles. The van der Waals surface area contributed by atoms with E-state index in [4.69, 9.17) is 0 Å². The highest BCUT2D eigenvalue weighted by Gasteiger charge is 2.32. The first-order valence-corrected chi connectivity index (χ1v) is 7.21. The molecule has 2 atom stereocenters. The molecule has 18 heavy (non-hydrogen) atoms. The second kappa shape index (κ2) is 4.13. The summed E-state index contributed by atoms with van der Waals surface area (Å²) in [6.45, 7) is 2.57. The van der Waals surface area contributed by atoms with Crippen molar-refractivity contribution >= 4 is 10.9 Å². The lowest BCUT2D eigenvalue weighted by Gasteiger charge is -2.36. The van der Waals surface area contributed by atoms with Gasteiger partial charge in [-0.25, -0.2) is 0 Å². The summed E-state index contributed by atoms with van der Waals surface area (Å²) in [6.07, 6.45) is 7.85. The van der Waals surface area contributed by atoms with Crippen LogP contribution in [0.3, 0.4) is 0 Å². The van der Waals surface area contributed by atoms with Crippen LogP contribution in [0, 0.1) is 0 Å². The Morgan fingerprint density at radius 1 is 0.944 bits per heavy atom. The zero-order chi connectivity index (χ0) is 11.9. The Balaban J connectivity index is 1.67. The largest absolute Gasteiger partial charge is 0.343 e. The number of hydrogen-bond acceptors (Lipinski definition) is 1. The minimum Gasteiger partial charge on any atom is -0.343 e. The number of hydrogen-bond donors (Lipinski definition) is 0. The molecule has 94 valence electrons. The molecule has 1 aromatic carbocycles. The van der Waals surface area contributed by atoms with Gasteiger partial charge in [0.25, 0.3) is 0 Å². The lowest BCUT2D eigenvalue weighted by Crippen LogP contribution is -2.39. The molecule has 0 bridgehead atoms. The molecule has 2 nitrogen and oxygen atoms in total. The summed E-state index contributed by atoms with van der Waals surface area (Å²) in [4.78, 5) is 2.71. The van der Waals surface area contributed by atoms with E-state index in [1.165, 1.54) is 49.7 Å².